The second kappa shape index (κ2) is 14.9. The van der Waals surface area contributed by atoms with E-state index in [0.717, 1.165) is 15.4 Å². The molecule has 3 aromatic carbocycles. The molecule has 1 N–H and O–H groups in total. The normalized spacial score (nSPS) is 12.2. The number of methoxy groups -OCH3 is 1. The van der Waals surface area contributed by atoms with E-state index in [-0.39, 0.29) is 29.2 Å². The van der Waals surface area contributed by atoms with Crippen molar-refractivity contribution in [2.75, 3.05) is 24.5 Å². The number of benzene rings is 3. The van der Waals surface area contributed by atoms with Gasteiger partial charge in [-0.05, 0) is 65.8 Å². The molecule has 0 fully saturated rings. The standard InChI is InChI=1S/C33H43N3O5S/c1-7-31(33(38)34-21-24(2)3)35(22-26-13-19-29(41-6)20-14-26)32(37)23-36(28-17-15-27(16-18-28)25(4)5)42(39,40)30-11-9-8-10-12-30/h8-20,24-25,31H,7,21-23H2,1-6H3,(H,34,38)/t31-/m1/s1. The minimum Gasteiger partial charge on any atom is -0.497 e. The van der Waals surface area contributed by atoms with Crippen LogP contribution in [0.5, 0.6) is 5.75 Å². The summed E-state index contributed by atoms with van der Waals surface area (Å²) in [5.74, 6) is 0.409. The second-order valence-electron chi connectivity index (χ2n) is 11.0. The van der Waals surface area contributed by atoms with Gasteiger partial charge in [-0.2, -0.15) is 0 Å². The number of carbonyl (C=O) groups excluding carboxylic acids is 2. The van der Waals surface area contributed by atoms with Crippen LogP contribution in [0.1, 0.15) is 58.1 Å². The van der Waals surface area contributed by atoms with E-state index in [1.165, 1.54) is 17.0 Å². The summed E-state index contributed by atoms with van der Waals surface area (Å²) in [7, 11) is -2.53. The average molecular weight is 594 g/mol. The highest BCUT2D eigenvalue weighted by Gasteiger charge is 2.33. The van der Waals surface area contributed by atoms with E-state index < -0.39 is 28.5 Å². The summed E-state index contributed by atoms with van der Waals surface area (Å²) < 4.78 is 34.3. The van der Waals surface area contributed by atoms with Crippen LogP contribution in [-0.4, -0.2) is 51.4 Å². The highest BCUT2D eigenvalue weighted by Crippen LogP contribution is 2.27. The molecule has 0 aromatic heterocycles. The maximum absolute atomic E-state index is 14.2. The van der Waals surface area contributed by atoms with Crippen molar-refractivity contribution in [1.29, 1.82) is 0 Å². The van der Waals surface area contributed by atoms with Crippen LogP contribution >= 0.6 is 0 Å². The van der Waals surface area contributed by atoms with Gasteiger partial charge in [0, 0.05) is 13.1 Å². The number of ether oxygens (including phenoxy) is 1. The molecule has 0 aliphatic heterocycles. The first-order valence-corrected chi connectivity index (χ1v) is 15.8. The third kappa shape index (κ3) is 8.35. The molecule has 0 aliphatic carbocycles. The second-order valence-corrected chi connectivity index (χ2v) is 12.9. The van der Waals surface area contributed by atoms with Crippen LogP contribution in [0.15, 0.2) is 83.8 Å². The first-order valence-electron chi connectivity index (χ1n) is 14.4. The molecule has 0 saturated carbocycles. The molecule has 0 unspecified atom stereocenters. The lowest BCUT2D eigenvalue weighted by atomic mass is 10.0. The molecule has 42 heavy (non-hydrogen) atoms. The summed E-state index contributed by atoms with van der Waals surface area (Å²) in [6.07, 6.45) is 0.361. The lowest BCUT2D eigenvalue weighted by molar-refractivity contribution is -0.140. The van der Waals surface area contributed by atoms with Gasteiger partial charge in [0.1, 0.15) is 18.3 Å². The fourth-order valence-electron chi connectivity index (χ4n) is 4.54. The summed E-state index contributed by atoms with van der Waals surface area (Å²) in [6, 6.07) is 21.7. The molecule has 8 nitrogen and oxygen atoms in total. The molecule has 2 amide bonds. The minimum absolute atomic E-state index is 0.0779. The number of sulfonamides is 1. The summed E-state index contributed by atoms with van der Waals surface area (Å²) in [6.45, 7) is 10.1. The van der Waals surface area contributed by atoms with Crippen molar-refractivity contribution < 1.29 is 22.7 Å². The first kappa shape index (κ1) is 32.7. The van der Waals surface area contributed by atoms with Gasteiger partial charge >= 0.3 is 0 Å². The Bertz CT molecular complexity index is 1410. The highest BCUT2D eigenvalue weighted by molar-refractivity contribution is 7.92. The van der Waals surface area contributed by atoms with E-state index in [2.05, 4.69) is 19.2 Å². The SMILES string of the molecule is CC[C@H](C(=O)NCC(C)C)N(Cc1ccc(OC)cc1)C(=O)CN(c1ccc(C(C)C)cc1)S(=O)(=O)c1ccccc1. The van der Waals surface area contributed by atoms with Crippen LogP contribution in [0.2, 0.25) is 0 Å². The van der Waals surface area contributed by atoms with Crippen molar-refractivity contribution >= 4 is 27.5 Å². The predicted molar refractivity (Wildman–Crippen MR) is 167 cm³/mol. The van der Waals surface area contributed by atoms with Crippen molar-refractivity contribution in [3.05, 3.63) is 90.0 Å². The molecule has 0 spiro atoms. The van der Waals surface area contributed by atoms with Crippen molar-refractivity contribution in [3.63, 3.8) is 0 Å². The minimum atomic E-state index is -4.10. The predicted octanol–water partition coefficient (Wildman–Crippen LogP) is 5.59. The summed E-state index contributed by atoms with van der Waals surface area (Å²) >= 11 is 0. The van der Waals surface area contributed by atoms with Gasteiger partial charge in [-0.25, -0.2) is 8.42 Å². The Morgan fingerprint density at radius 3 is 2.02 bits per heavy atom. The van der Waals surface area contributed by atoms with Gasteiger partial charge in [-0.15, -0.1) is 0 Å². The maximum atomic E-state index is 14.2. The van der Waals surface area contributed by atoms with Gasteiger partial charge in [-0.1, -0.05) is 77.1 Å². The molecule has 0 bridgehead atoms. The zero-order valence-corrected chi connectivity index (χ0v) is 26.2. The summed E-state index contributed by atoms with van der Waals surface area (Å²) in [5, 5.41) is 2.95. The molecular formula is C33H43N3O5S. The number of carbonyl (C=O) groups is 2. The monoisotopic (exact) mass is 593 g/mol. The van der Waals surface area contributed by atoms with Crippen LogP contribution in [-0.2, 0) is 26.2 Å². The fourth-order valence-corrected chi connectivity index (χ4v) is 5.98. The van der Waals surface area contributed by atoms with Crippen LogP contribution in [0.4, 0.5) is 5.69 Å². The molecule has 3 rings (SSSR count). The number of nitrogens with one attached hydrogen (secondary N) is 1. The Morgan fingerprint density at radius 1 is 0.881 bits per heavy atom. The van der Waals surface area contributed by atoms with E-state index >= 15 is 0 Å². The number of rotatable bonds is 14. The van der Waals surface area contributed by atoms with Gasteiger partial charge in [-0.3, -0.25) is 13.9 Å². The zero-order valence-electron chi connectivity index (χ0n) is 25.4. The fraction of sp³-hybridized carbons (Fsp3) is 0.394. The van der Waals surface area contributed by atoms with E-state index in [1.54, 1.807) is 49.6 Å². The Hall–Kier alpha value is -3.85. The summed E-state index contributed by atoms with van der Waals surface area (Å²) in [4.78, 5) is 29.1. The highest BCUT2D eigenvalue weighted by atomic mass is 32.2. The quantitative estimate of drug-likeness (QED) is 0.263. The third-order valence-corrected chi connectivity index (χ3v) is 8.83. The van der Waals surface area contributed by atoms with E-state index in [0.29, 0.717) is 24.4 Å². The molecule has 0 aliphatic rings. The van der Waals surface area contributed by atoms with Crippen molar-refractivity contribution in [2.45, 2.75) is 64.4 Å². The lowest BCUT2D eigenvalue weighted by Gasteiger charge is -2.33. The van der Waals surface area contributed by atoms with E-state index in [1.807, 2.05) is 45.0 Å². The van der Waals surface area contributed by atoms with Crippen LogP contribution in [0.25, 0.3) is 0 Å². The Morgan fingerprint density at radius 2 is 1.50 bits per heavy atom. The molecule has 0 heterocycles. The largest absolute Gasteiger partial charge is 0.497 e. The molecule has 9 heteroatoms. The molecular weight excluding hydrogens is 550 g/mol. The Balaban J connectivity index is 2.04. The lowest BCUT2D eigenvalue weighted by Crippen LogP contribution is -2.52. The average Bonchev–Trinajstić information content (AvgIpc) is 2.99. The number of anilines is 1. The third-order valence-electron chi connectivity index (χ3n) is 7.04. The van der Waals surface area contributed by atoms with Gasteiger partial charge in [0.15, 0.2) is 0 Å². The number of nitrogens with zero attached hydrogens (tertiary/aromatic N) is 2. The zero-order chi connectivity index (χ0) is 30.9. The smallest absolute Gasteiger partial charge is 0.264 e. The van der Waals surface area contributed by atoms with Gasteiger partial charge < -0.3 is 15.0 Å². The van der Waals surface area contributed by atoms with Crippen LogP contribution < -0.4 is 14.4 Å². The topological polar surface area (TPSA) is 96.0 Å². The first-order chi connectivity index (χ1) is 20.0. The van der Waals surface area contributed by atoms with Gasteiger partial charge in [0.25, 0.3) is 10.0 Å². The van der Waals surface area contributed by atoms with Crippen LogP contribution in [0.3, 0.4) is 0 Å². The molecule has 226 valence electrons. The number of hydrogen-bond donors (Lipinski definition) is 1. The van der Waals surface area contributed by atoms with E-state index in [9.17, 15) is 18.0 Å². The molecule has 3 aromatic rings. The molecule has 1 atom stereocenters. The van der Waals surface area contributed by atoms with Gasteiger partial charge in [0.05, 0.1) is 17.7 Å². The molecule has 0 saturated heterocycles. The van der Waals surface area contributed by atoms with E-state index in [4.69, 9.17) is 4.74 Å². The number of hydrogen-bond acceptors (Lipinski definition) is 5. The molecule has 0 radical (unpaired) electrons. The van der Waals surface area contributed by atoms with Crippen molar-refractivity contribution in [3.8, 4) is 5.75 Å². The van der Waals surface area contributed by atoms with Crippen molar-refractivity contribution in [1.82, 2.24) is 10.2 Å². The van der Waals surface area contributed by atoms with Gasteiger partial charge in [0.2, 0.25) is 11.8 Å². The Labute approximate surface area is 250 Å². The summed E-state index contributed by atoms with van der Waals surface area (Å²) in [5.41, 5.74) is 2.22. The van der Waals surface area contributed by atoms with Crippen LogP contribution in [0, 0.1) is 5.92 Å². The van der Waals surface area contributed by atoms with Crippen molar-refractivity contribution in [2.24, 2.45) is 5.92 Å². The number of amides is 2. The maximum Gasteiger partial charge on any atom is 0.264 e. The Kier molecular flexibility index (Phi) is 11.6.